The van der Waals surface area contributed by atoms with E-state index in [2.05, 4.69) is 121 Å². The quantitative estimate of drug-likeness (QED) is 0.254. The van der Waals surface area contributed by atoms with Crippen LogP contribution >= 0.6 is 23.5 Å². The van der Waals surface area contributed by atoms with Crippen molar-refractivity contribution in [3.8, 4) is 11.5 Å². The van der Waals surface area contributed by atoms with Crippen molar-refractivity contribution in [3.05, 3.63) is 46.5 Å². The molecule has 5 heteroatoms. The van der Waals surface area contributed by atoms with Crippen LogP contribution < -0.4 is 4.74 Å². The zero-order valence-corrected chi connectivity index (χ0v) is 28.8. The van der Waals surface area contributed by atoms with Crippen molar-refractivity contribution < 1.29 is 14.9 Å². The van der Waals surface area contributed by atoms with Gasteiger partial charge in [-0.1, -0.05) is 83.1 Å². The second kappa shape index (κ2) is 11.5. The van der Waals surface area contributed by atoms with Crippen molar-refractivity contribution >= 4 is 23.5 Å². The second-order valence-electron chi connectivity index (χ2n) is 15.5. The minimum Gasteiger partial charge on any atom is -0.507 e. The van der Waals surface area contributed by atoms with E-state index in [0.29, 0.717) is 5.75 Å². The smallest absolute Gasteiger partial charge is 0.126 e. The first-order valence-corrected chi connectivity index (χ1v) is 15.7. The molecular weight excluding hydrogens is 521 g/mol. The average molecular weight is 575 g/mol. The van der Waals surface area contributed by atoms with Crippen LogP contribution in [-0.2, 0) is 21.7 Å². The van der Waals surface area contributed by atoms with Crippen molar-refractivity contribution in [2.75, 3.05) is 6.61 Å². The predicted molar refractivity (Wildman–Crippen MR) is 172 cm³/mol. The number of phenols is 1. The fourth-order valence-corrected chi connectivity index (χ4v) is 7.12. The number of phenolic OH excluding ortho intramolecular Hbond substituents is 1. The van der Waals surface area contributed by atoms with Crippen LogP contribution in [0.5, 0.6) is 11.5 Å². The molecule has 0 saturated heterocycles. The first kappa shape index (κ1) is 33.9. The fourth-order valence-electron chi connectivity index (χ4n) is 4.53. The molecule has 1 unspecified atom stereocenters. The number of rotatable bonds is 7. The molecule has 0 spiro atoms. The van der Waals surface area contributed by atoms with Gasteiger partial charge in [0.2, 0.25) is 0 Å². The van der Waals surface area contributed by atoms with Gasteiger partial charge in [-0.25, -0.2) is 0 Å². The van der Waals surface area contributed by atoms with Gasteiger partial charge in [0, 0.05) is 32.0 Å². The van der Waals surface area contributed by atoms with E-state index in [1.165, 1.54) is 9.79 Å². The molecule has 3 nitrogen and oxygen atoms in total. The lowest BCUT2D eigenvalue weighted by Crippen LogP contribution is -2.23. The molecule has 1 atom stereocenters. The molecule has 0 aliphatic heterocycles. The van der Waals surface area contributed by atoms with E-state index < -0.39 is 6.10 Å². The molecule has 0 radical (unpaired) electrons. The number of ether oxygens (including phenoxy) is 1. The molecule has 2 aromatic carbocycles. The van der Waals surface area contributed by atoms with Crippen molar-refractivity contribution in [2.24, 2.45) is 0 Å². The summed E-state index contributed by atoms with van der Waals surface area (Å²) in [5.74, 6) is 1.32. The molecule has 2 rings (SSSR count). The number of hydrogen-bond acceptors (Lipinski definition) is 5. The van der Waals surface area contributed by atoms with E-state index in [0.717, 1.165) is 28.0 Å². The number of aliphatic hydroxyl groups excluding tert-OH is 1. The van der Waals surface area contributed by atoms with E-state index in [4.69, 9.17) is 4.74 Å². The number of aliphatic hydroxyl groups is 1. The van der Waals surface area contributed by atoms with Gasteiger partial charge in [0.15, 0.2) is 0 Å². The Hall–Kier alpha value is -1.30. The number of aromatic hydroxyl groups is 1. The van der Waals surface area contributed by atoms with Gasteiger partial charge in [0.05, 0.1) is 10.2 Å². The van der Waals surface area contributed by atoms with Crippen molar-refractivity contribution in [2.45, 2.75) is 145 Å². The van der Waals surface area contributed by atoms with Crippen LogP contribution in [0.25, 0.3) is 0 Å². The largest absolute Gasteiger partial charge is 0.507 e. The highest BCUT2D eigenvalue weighted by molar-refractivity contribution is 8.18. The number of thioether (sulfide) groups is 2. The van der Waals surface area contributed by atoms with Crippen LogP contribution in [0.2, 0.25) is 0 Å². The molecule has 0 aromatic heterocycles. The Morgan fingerprint density at radius 2 is 0.923 bits per heavy atom. The minimum atomic E-state index is -0.531. The van der Waals surface area contributed by atoms with Gasteiger partial charge < -0.3 is 14.9 Å². The standard InChI is InChI=1S/C34H54O3S2/c1-21(35)20-37-29-26(32(8,9)10)18-23(19-27(29)33(11,12)13)39-34(14,15)38-22-16-24(30(2,3)4)28(36)25(17-22)31(5,6)7/h16-19,21,35-36H,20H2,1-15H3. The van der Waals surface area contributed by atoms with Crippen LogP contribution in [0.3, 0.4) is 0 Å². The third-order valence-corrected chi connectivity index (χ3v) is 9.00. The molecule has 0 saturated carbocycles. The molecule has 0 aliphatic carbocycles. The molecule has 2 aromatic rings. The molecule has 0 fully saturated rings. The molecule has 0 aliphatic rings. The fraction of sp³-hybridized carbons (Fsp3) is 0.647. The summed E-state index contributed by atoms with van der Waals surface area (Å²) in [5.41, 5.74) is 3.73. The first-order chi connectivity index (χ1) is 17.3. The normalized spacial score (nSPS) is 14.5. The molecular formula is C34H54O3S2. The highest BCUT2D eigenvalue weighted by Crippen LogP contribution is 2.51. The van der Waals surface area contributed by atoms with Crippen molar-refractivity contribution in [3.63, 3.8) is 0 Å². The zero-order valence-electron chi connectivity index (χ0n) is 27.2. The maximum Gasteiger partial charge on any atom is 0.126 e. The maximum atomic E-state index is 11.2. The van der Waals surface area contributed by atoms with Gasteiger partial charge in [-0.15, -0.1) is 23.5 Å². The van der Waals surface area contributed by atoms with Crippen LogP contribution in [-0.4, -0.2) is 27.0 Å². The summed E-state index contributed by atoms with van der Waals surface area (Å²) in [6.45, 7) is 32.8. The monoisotopic (exact) mass is 574 g/mol. The van der Waals surface area contributed by atoms with E-state index in [1.807, 2.05) is 23.5 Å². The SMILES string of the molecule is CC(O)COc1c(C(C)(C)C)cc(SC(C)(C)Sc2cc(C(C)(C)C)c(O)c(C(C)(C)C)c2)cc1C(C)(C)C. The topological polar surface area (TPSA) is 49.7 Å². The number of benzene rings is 2. The minimum absolute atomic E-state index is 0.123. The van der Waals surface area contributed by atoms with Crippen LogP contribution in [0, 0.1) is 0 Å². The lowest BCUT2D eigenvalue weighted by atomic mass is 9.79. The van der Waals surface area contributed by atoms with Gasteiger partial charge in [-0.05, 0) is 66.7 Å². The lowest BCUT2D eigenvalue weighted by molar-refractivity contribution is 0.120. The summed E-state index contributed by atoms with van der Waals surface area (Å²) in [6, 6.07) is 8.90. The van der Waals surface area contributed by atoms with Crippen molar-refractivity contribution in [1.82, 2.24) is 0 Å². The third kappa shape index (κ3) is 9.10. The molecule has 39 heavy (non-hydrogen) atoms. The Morgan fingerprint density at radius 1 is 0.615 bits per heavy atom. The first-order valence-electron chi connectivity index (χ1n) is 14.1. The summed E-state index contributed by atoms with van der Waals surface area (Å²) in [7, 11) is 0. The van der Waals surface area contributed by atoms with Gasteiger partial charge in [-0.3, -0.25) is 0 Å². The van der Waals surface area contributed by atoms with E-state index in [-0.39, 0.29) is 32.3 Å². The highest BCUT2D eigenvalue weighted by atomic mass is 32.2. The zero-order chi connectivity index (χ0) is 30.4. The Labute approximate surface area is 247 Å². The maximum absolute atomic E-state index is 11.2. The molecule has 0 amide bonds. The second-order valence-corrected chi connectivity index (χ2v) is 19.1. The Bertz CT molecular complexity index is 1080. The van der Waals surface area contributed by atoms with Gasteiger partial charge >= 0.3 is 0 Å². The number of hydrogen-bond donors (Lipinski definition) is 2. The Morgan fingerprint density at radius 3 is 1.21 bits per heavy atom. The van der Waals surface area contributed by atoms with Crippen LogP contribution in [0.1, 0.15) is 126 Å². The van der Waals surface area contributed by atoms with Crippen LogP contribution in [0.4, 0.5) is 0 Å². The lowest BCUT2D eigenvalue weighted by Gasteiger charge is -2.33. The molecule has 0 bridgehead atoms. The highest BCUT2D eigenvalue weighted by Gasteiger charge is 2.32. The summed E-state index contributed by atoms with van der Waals surface area (Å²) < 4.78 is 6.10. The predicted octanol–water partition coefficient (Wildman–Crippen LogP) is 9.96. The van der Waals surface area contributed by atoms with Crippen molar-refractivity contribution in [1.29, 1.82) is 0 Å². The molecule has 220 valence electrons. The van der Waals surface area contributed by atoms with Crippen LogP contribution in [0.15, 0.2) is 34.1 Å². The summed E-state index contributed by atoms with van der Waals surface area (Å²) in [4.78, 5) is 2.38. The van der Waals surface area contributed by atoms with E-state index >= 15 is 0 Å². The van der Waals surface area contributed by atoms with Gasteiger partial charge in [0.1, 0.15) is 18.1 Å². The Kier molecular flexibility index (Phi) is 10.0. The summed E-state index contributed by atoms with van der Waals surface area (Å²) in [6.07, 6.45) is -0.531. The summed E-state index contributed by atoms with van der Waals surface area (Å²) in [5, 5.41) is 21.2. The molecule has 0 heterocycles. The third-order valence-electron chi connectivity index (χ3n) is 6.57. The Balaban J connectivity index is 2.61. The summed E-state index contributed by atoms with van der Waals surface area (Å²) >= 11 is 3.70. The van der Waals surface area contributed by atoms with E-state index in [1.54, 1.807) is 6.92 Å². The average Bonchev–Trinajstić information content (AvgIpc) is 2.69. The van der Waals surface area contributed by atoms with Gasteiger partial charge in [-0.2, -0.15) is 0 Å². The molecule has 2 N–H and O–H groups in total. The van der Waals surface area contributed by atoms with E-state index in [9.17, 15) is 10.2 Å². The van der Waals surface area contributed by atoms with Gasteiger partial charge in [0.25, 0.3) is 0 Å².